The Morgan fingerprint density at radius 1 is 0.810 bits per heavy atom. The highest BCUT2D eigenvalue weighted by molar-refractivity contribution is 9.09. The van der Waals surface area contributed by atoms with Gasteiger partial charge in [0.25, 0.3) is 0 Å². The minimum absolute atomic E-state index is 0.122. The minimum Gasteiger partial charge on any atom is -0.207 e. The highest BCUT2D eigenvalue weighted by Crippen LogP contribution is 2.40. The Morgan fingerprint density at radius 2 is 1.57 bits per heavy atom. The van der Waals surface area contributed by atoms with Crippen molar-refractivity contribution in [3.63, 3.8) is 0 Å². The van der Waals surface area contributed by atoms with Gasteiger partial charge in [0, 0.05) is 5.56 Å². The molecule has 3 aromatic carbocycles. The Hall–Kier alpha value is -1.67. The maximum Gasteiger partial charge on any atom is 0.127 e. The van der Waals surface area contributed by atoms with E-state index in [4.69, 9.17) is 0 Å². The maximum atomic E-state index is 14.1. The smallest absolute Gasteiger partial charge is 0.127 e. The summed E-state index contributed by atoms with van der Waals surface area (Å²) in [5.74, 6) is -0.164. The van der Waals surface area contributed by atoms with E-state index in [1.165, 1.54) is 28.0 Å². The maximum absolute atomic E-state index is 14.1. The van der Waals surface area contributed by atoms with Crippen LogP contribution < -0.4 is 0 Å². The molecule has 0 aliphatic heterocycles. The van der Waals surface area contributed by atoms with Crippen LogP contribution in [0.25, 0.3) is 10.8 Å². The van der Waals surface area contributed by atoms with Crippen molar-refractivity contribution in [2.24, 2.45) is 0 Å². The van der Waals surface area contributed by atoms with Crippen LogP contribution in [0.2, 0.25) is 0 Å². The third-order valence-corrected chi connectivity index (χ3v) is 5.35. The second-order valence-electron chi connectivity index (χ2n) is 5.54. The zero-order valence-electron chi connectivity index (χ0n) is 11.4. The van der Waals surface area contributed by atoms with E-state index in [1.807, 2.05) is 12.1 Å². The van der Waals surface area contributed by atoms with Crippen LogP contribution in [0.3, 0.4) is 0 Å². The van der Waals surface area contributed by atoms with E-state index in [1.54, 1.807) is 6.07 Å². The normalized spacial score (nSPS) is 14.6. The molecule has 1 aliphatic carbocycles. The molecule has 1 atom stereocenters. The van der Waals surface area contributed by atoms with Crippen LogP contribution in [-0.2, 0) is 12.8 Å². The van der Waals surface area contributed by atoms with Crippen LogP contribution in [0.5, 0.6) is 0 Å². The molecular formula is C19H14BrF. The molecule has 0 spiro atoms. The van der Waals surface area contributed by atoms with Crippen molar-refractivity contribution in [2.75, 3.05) is 0 Å². The average Bonchev–Trinajstić information content (AvgIpc) is 2.93. The lowest BCUT2D eigenvalue weighted by atomic mass is 9.95. The van der Waals surface area contributed by atoms with E-state index in [0.717, 1.165) is 18.4 Å². The van der Waals surface area contributed by atoms with Crippen molar-refractivity contribution >= 4 is 26.7 Å². The highest BCUT2D eigenvalue weighted by atomic mass is 79.9. The van der Waals surface area contributed by atoms with E-state index in [0.29, 0.717) is 5.56 Å². The SMILES string of the molecule is Fc1ccccc1C(Br)c1ccc2c3c(cccc13)CC2. The molecule has 1 aliphatic rings. The standard InChI is InChI=1S/C19H14BrF/c20-19(16-5-1-2-7-17(16)21)15-11-10-13-9-8-12-4-3-6-14(15)18(12)13/h1-7,10-11,19H,8-9H2. The van der Waals surface area contributed by atoms with Gasteiger partial charge in [0.2, 0.25) is 0 Å². The first-order valence-electron chi connectivity index (χ1n) is 7.17. The van der Waals surface area contributed by atoms with Gasteiger partial charge in [-0.2, -0.15) is 0 Å². The van der Waals surface area contributed by atoms with Crippen LogP contribution in [0.4, 0.5) is 4.39 Å². The second-order valence-corrected chi connectivity index (χ2v) is 6.45. The molecule has 0 nitrogen and oxygen atoms in total. The summed E-state index contributed by atoms with van der Waals surface area (Å²) < 4.78 is 14.1. The molecule has 0 N–H and O–H groups in total. The minimum atomic E-state index is -0.164. The van der Waals surface area contributed by atoms with Crippen LogP contribution in [0, 0.1) is 5.82 Å². The Bertz CT molecular complexity index is 828. The summed E-state index contributed by atoms with van der Waals surface area (Å²) >= 11 is 3.70. The molecule has 104 valence electrons. The summed E-state index contributed by atoms with van der Waals surface area (Å²) in [4.78, 5) is -0.122. The second kappa shape index (κ2) is 4.96. The Balaban J connectivity index is 1.94. The van der Waals surface area contributed by atoms with Crippen molar-refractivity contribution < 1.29 is 4.39 Å². The molecule has 3 aromatic rings. The van der Waals surface area contributed by atoms with Crippen molar-refractivity contribution in [2.45, 2.75) is 17.7 Å². The predicted octanol–water partition coefficient (Wildman–Crippen LogP) is 5.56. The van der Waals surface area contributed by atoms with Crippen molar-refractivity contribution in [3.05, 3.63) is 82.7 Å². The molecule has 0 amide bonds. The highest BCUT2D eigenvalue weighted by Gasteiger charge is 2.21. The molecule has 0 aromatic heterocycles. The Kier molecular flexibility index (Phi) is 3.07. The molecule has 0 saturated carbocycles. The van der Waals surface area contributed by atoms with Gasteiger partial charge in [-0.3, -0.25) is 0 Å². The first-order chi connectivity index (χ1) is 10.3. The zero-order chi connectivity index (χ0) is 14.4. The summed E-state index contributed by atoms with van der Waals surface area (Å²) in [6.07, 6.45) is 2.23. The summed E-state index contributed by atoms with van der Waals surface area (Å²) in [6, 6.07) is 17.8. The van der Waals surface area contributed by atoms with Gasteiger partial charge in [0.1, 0.15) is 5.82 Å². The molecule has 4 rings (SSSR count). The van der Waals surface area contributed by atoms with Gasteiger partial charge in [0.15, 0.2) is 0 Å². The third-order valence-electron chi connectivity index (χ3n) is 4.36. The number of rotatable bonds is 2. The van der Waals surface area contributed by atoms with Gasteiger partial charge >= 0.3 is 0 Å². The summed E-state index contributed by atoms with van der Waals surface area (Å²) in [5.41, 5.74) is 4.66. The van der Waals surface area contributed by atoms with Crippen LogP contribution in [-0.4, -0.2) is 0 Å². The largest absolute Gasteiger partial charge is 0.207 e. The summed E-state index contributed by atoms with van der Waals surface area (Å²) in [5, 5.41) is 2.61. The van der Waals surface area contributed by atoms with Crippen molar-refractivity contribution in [1.82, 2.24) is 0 Å². The van der Waals surface area contributed by atoms with Crippen molar-refractivity contribution in [3.8, 4) is 0 Å². The first-order valence-corrected chi connectivity index (χ1v) is 8.09. The molecule has 0 saturated heterocycles. The number of hydrogen-bond acceptors (Lipinski definition) is 0. The molecular weight excluding hydrogens is 327 g/mol. The number of alkyl halides is 1. The predicted molar refractivity (Wildman–Crippen MR) is 88.5 cm³/mol. The number of aryl methyl sites for hydroxylation is 2. The van der Waals surface area contributed by atoms with E-state index < -0.39 is 0 Å². The fourth-order valence-electron chi connectivity index (χ4n) is 3.34. The quantitative estimate of drug-likeness (QED) is 0.535. The lowest BCUT2D eigenvalue weighted by Crippen LogP contribution is -1.98. The van der Waals surface area contributed by atoms with E-state index in [2.05, 4.69) is 46.3 Å². The fourth-order valence-corrected chi connectivity index (χ4v) is 4.11. The zero-order valence-corrected chi connectivity index (χ0v) is 13.0. The first kappa shape index (κ1) is 13.0. The van der Waals surface area contributed by atoms with Gasteiger partial charge in [0.05, 0.1) is 4.83 Å². The topological polar surface area (TPSA) is 0 Å². The van der Waals surface area contributed by atoms with Crippen molar-refractivity contribution in [1.29, 1.82) is 0 Å². The van der Waals surface area contributed by atoms with Gasteiger partial charge in [-0.05, 0) is 46.4 Å². The summed E-state index contributed by atoms with van der Waals surface area (Å²) in [7, 11) is 0. The molecule has 2 heteroatoms. The Labute approximate surface area is 131 Å². The van der Waals surface area contributed by atoms with Crippen LogP contribution >= 0.6 is 15.9 Å². The summed E-state index contributed by atoms with van der Waals surface area (Å²) in [6.45, 7) is 0. The molecule has 0 heterocycles. The molecule has 0 fully saturated rings. The van der Waals surface area contributed by atoms with E-state index in [9.17, 15) is 4.39 Å². The van der Waals surface area contributed by atoms with Gasteiger partial charge in [-0.25, -0.2) is 4.39 Å². The molecule has 21 heavy (non-hydrogen) atoms. The number of hydrogen-bond donors (Lipinski definition) is 0. The van der Waals surface area contributed by atoms with Gasteiger partial charge in [-0.15, -0.1) is 0 Å². The lowest BCUT2D eigenvalue weighted by molar-refractivity contribution is 0.614. The number of benzene rings is 3. The third kappa shape index (κ3) is 2.01. The van der Waals surface area contributed by atoms with E-state index >= 15 is 0 Å². The van der Waals surface area contributed by atoms with Gasteiger partial charge < -0.3 is 0 Å². The van der Waals surface area contributed by atoms with E-state index in [-0.39, 0.29) is 10.6 Å². The number of halogens is 2. The van der Waals surface area contributed by atoms with Crippen LogP contribution in [0.1, 0.15) is 27.1 Å². The van der Waals surface area contributed by atoms with Gasteiger partial charge in [-0.1, -0.05) is 64.5 Å². The average molecular weight is 341 g/mol. The van der Waals surface area contributed by atoms with Crippen LogP contribution in [0.15, 0.2) is 54.6 Å². The Morgan fingerprint density at radius 3 is 2.38 bits per heavy atom. The lowest BCUT2D eigenvalue weighted by Gasteiger charge is -2.15. The fraction of sp³-hybridized carbons (Fsp3) is 0.158. The molecule has 0 radical (unpaired) electrons. The molecule has 1 unspecified atom stereocenters. The monoisotopic (exact) mass is 340 g/mol. The molecule has 0 bridgehead atoms.